The van der Waals surface area contributed by atoms with Crippen LogP contribution in [-0.2, 0) is 0 Å². The van der Waals surface area contributed by atoms with Gasteiger partial charge in [0.05, 0.1) is 0 Å². The molecule has 1 nitrogen and oxygen atoms in total. The van der Waals surface area contributed by atoms with E-state index in [1.807, 2.05) is 0 Å². The van der Waals surface area contributed by atoms with Crippen LogP contribution in [0.5, 0.6) is 0 Å². The van der Waals surface area contributed by atoms with Gasteiger partial charge in [-0.2, -0.15) is 0 Å². The Labute approximate surface area is 93.1 Å². The van der Waals surface area contributed by atoms with E-state index in [-0.39, 0.29) is 0 Å². The van der Waals surface area contributed by atoms with Gasteiger partial charge in [0, 0.05) is 19.0 Å². The normalized spacial score (nSPS) is 23.5. The predicted molar refractivity (Wildman–Crippen MR) is 63.9 cm³/mol. The molecule has 1 heterocycles. The first kappa shape index (κ1) is 12.1. The molecular formula is C12H22ClN. The second-order valence-corrected chi connectivity index (χ2v) is 4.90. The number of allylic oxidation sites excluding steroid dienone is 1. The average Bonchev–Trinajstić information content (AvgIpc) is 2.16. The minimum absolute atomic E-state index is 0.821. The zero-order chi connectivity index (χ0) is 10.4. The maximum absolute atomic E-state index is 5.78. The zero-order valence-corrected chi connectivity index (χ0v) is 10.2. The Balaban J connectivity index is 2.29. The molecule has 0 aromatic carbocycles. The third-order valence-corrected chi connectivity index (χ3v) is 3.10. The SMILES string of the molecule is CC(C)=CCN1CCCC(CCCl)C1. The summed E-state index contributed by atoms with van der Waals surface area (Å²) in [7, 11) is 0. The Kier molecular flexibility index (Phi) is 5.57. The summed E-state index contributed by atoms with van der Waals surface area (Å²) < 4.78 is 0. The van der Waals surface area contributed by atoms with Gasteiger partial charge in [-0.1, -0.05) is 11.6 Å². The summed E-state index contributed by atoms with van der Waals surface area (Å²) in [5.41, 5.74) is 1.42. The predicted octanol–water partition coefficient (Wildman–Crippen LogP) is 3.29. The number of piperidine rings is 1. The molecule has 1 unspecified atom stereocenters. The van der Waals surface area contributed by atoms with Crippen molar-refractivity contribution in [3.05, 3.63) is 11.6 Å². The van der Waals surface area contributed by atoms with Gasteiger partial charge in [0.15, 0.2) is 0 Å². The zero-order valence-electron chi connectivity index (χ0n) is 9.43. The van der Waals surface area contributed by atoms with Crippen molar-refractivity contribution in [2.24, 2.45) is 5.92 Å². The first-order chi connectivity index (χ1) is 6.72. The van der Waals surface area contributed by atoms with Crippen molar-refractivity contribution in [2.45, 2.75) is 33.1 Å². The highest BCUT2D eigenvalue weighted by Gasteiger charge is 2.17. The van der Waals surface area contributed by atoms with Crippen LogP contribution in [0.25, 0.3) is 0 Å². The minimum Gasteiger partial charge on any atom is -0.299 e. The largest absolute Gasteiger partial charge is 0.299 e. The first-order valence-electron chi connectivity index (χ1n) is 5.64. The van der Waals surface area contributed by atoms with Crippen LogP contribution >= 0.6 is 11.6 Å². The molecule has 1 atom stereocenters. The number of hydrogen-bond acceptors (Lipinski definition) is 1. The van der Waals surface area contributed by atoms with Crippen LogP contribution in [0.15, 0.2) is 11.6 Å². The van der Waals surface area contributed by atoms with E-state index in [4.69, 9.17) is 11.6 Å². The fourth-order valence-electron chi connectivity index (χ4n) is 2.02. The highest BCUT2D eigenvalue weighted by molar-refractivity contribution is 6.17. The molecule has 0 bridgehead atoms. The van der Waals surface area contributed by atoms with Crippen molar-refractivity contribution in [3.63, 3.8) is 0 Å². The molecule has 0 aromatic heterocycles. The number of hydrogen-bond donors (Lipinski definition) is 0. The van der Waals surface area contributed by atoms with Crippen molar-refractivity contribution in [2.75, 3.05) is 25.5 Å². The molecule has 0 spiro atoms. The number of nitrogens with zero attached hydrogens (tertiary/aromatic N) is 1. The standard InChI is InChI=1S/C12H22ClN/c1-11(2)6-9-14-8-3-4-12(10-14)5-7-13/h6,12H,3-5,7-10H2,1-2H3. The molecule has 0 amide bonds. The topological polar surface area (TPSA) is 3.24 Å². The van der Waals surface area contributed by atoms with Gasteiger partial charge in [-0.3, -0.25) is 4.90 Å². The molecule has 1 aliphatic rings. The Morgan fingerprint density at radius 1 is 1.50 bits per heavy atom. The Morgan fingerprint density at radius 2 is 2.29 bits per heavy atom. The Morgan fingerprint density at radius 3 is 2.93 bits per heavy atom. The lowest BCUT2D eigenvalue weighted by molar-refractivity contribution is 0.188. The van der Waals surface area contributed by atoms with Gasteiger partial charge >= 0.3 is 0 Å². The van der Waals surface area contributed by atoms with Crippen LogP contribution in [0.1, 0.15) is 33.1 Å². The van der Waals surface area contributed by atoms with Crippen molar-refractivity contribution in [1.82, 2.24) is 4.90 Å². The van der Waals surface area contributed by atoms with Crippen molar-refractivity contribution in [3.8, 4) is 0 Å². The molecule has 1 aliphatic heterocycles. The summed E-state index contributed by atoms with van der Waals surface area (Å²) in [4.78, 5) is 2.55. The summed E-state index contributed by atoms with van der Waals surface area (Å²) in [6.45, 7) is 7.97. The van der Waals surface area contributed by atoms with Crippen LogP contribution in [0.3, 0.4) is 0 Å². The summed E-state index contributed by atoms with van der Waals surface area (Å²) in [5, 5.41) is 0. The highest BCUT2D eigenvalue weighted by atomic mass is 35.5. The van der Waals surface area contributed by atoms with Gasteiger partial charge in [0.2, 0.25) is 0 Å². The maximum Gasteiger partial charge on any atom is 0.0226 e. The molecule has 0 saturated carbocycles. The molecule has 0 aromatic rings. The van der Waals surface area contributed by atoms with Gasteiger partial charge in [-0.05, 0) is 45.6 Å². The molecule has 1 rings (SSSR count). The number of likely N-dealkylation sites (tertiary alicyclic amines) is 1. The van der Waals surface area contributed by atoms with Crippen LogP contribution in [0.2, 0.25) is 0 Å². The maximum atomic E-state index is 5.78. The van der Waals surface area contributed by atoms with E-state index in [1.165, 1.54) is 37.9 Å². The second kappa shape index (κ2) is 6.47. The summed E-state index contributed by atoms with van der Waals surface area (Å²) in [5.74, 6) is 1.66. The van der Waals surface area contributed by atoms with Crippen LogP contribution in [-0.4, -0.2) is 30.4 Å². The van der Waals surface area contributed by atoms with Crippen molar-refractivity contribution < 1.29 is 0 Å². The van der Waals surface area contributed by atoms with Gasteiger partial charge in [0.1, 0.15) is 0 Å². The fraction of sp³-hybridized carbons (Fsp3) is 0.833. The van der Waals surface area contributed by atoms with Crippen LogP contribution in [0, 0.1) is 5.92 Å². The number of alkyl halides is 1. The highest BCUT2D eigenvalue weighted by Crippen LogP contribution is 2.19. The lowest BCUT2D eigenvalue weighted by Gasteiger charge is -2.31. The van der Waals surface area contributed by atoms with E-state index >= 15 is 0 Å². The van der Waals surface area contributed by atoms with E-state index in [2.05, 4.69) is 24.8 Å². The molecule has 14 heavy (non-hydrogen) atoms. The van der Waals surface area contributed by atoms with Gasteiger partial charge < -0.3 is 0 Å². The molecule has 0 radical (unpaired) electrons. The van der Waals surface area contributed by atoms with E-state index in [0.29, 0.717) is 0 Å². The lowest BCUT2D eigenvalue weighted by Crippen LogP contribution is -2.35. The molecule has 1 fully saturated rings. The van der Waals surface area contributed by atoms with E-state index in [1.54, 1.807) is 0 Å². The second-order valence-electron chi connectivity index (χ2n) is 4.53. The molecular weight excluding hydrogens is 194 g/mol. The number of halogens is 1. The van der Waals surface area contributed by atoms with Gasteiger partial charge in [-0.25, -0.2) is 0 Å². The van der Waals surface area contributed by atoms with Crippen molar-refractivity contribution >= 4 is 11.6 Å². The molecule has 2 heteroatoms. The summed E-state index contributed by atoms with van der Waals surface area (Å²) in [6, 6.07) is 0. The summed E-state index contributed by atoms with van der Waals surface area (Å²) in [6.07, 6.45) is 6.23. The third-order valence-electron chi connectivity index (χ3n) is 2.88. The smallest absolute Gasteiger partial charge is 0.0226 e. The average molecular weight is 216 g/mol. The van der Waals surface area contributed by atoms with E-state index in [9.17, 15) is 0 Å². The fourth-order valence-corrected chi connectivity index (χ4v) is 2.33. The molecule has 82 valence electrons. The Hall–Kier alpha value is -0.0100. The molecule has 0 N–H and O–H groups in total. The van der Waals surface area contributed by atoms with Crippen molar-refractivity contribution in [1.29, 1.82) is 0 Å². The monoisotopic (exact) mass is 215 g/mol. The van der Waals surface area contributed by atoms with Gasteiger partial charge in [-0.15, -0.1) is 11.6 Å². The lowest BCUT2D eigenvalue weighted by atomic mass is 9.95. The third kappa shape index (κ3) is 4.47. The number of rotatable bonds is 4. The van der Waals surface area contributed by atoms with E-state index < -0.39 is 0 Å². The van der Waals surface area contributed by atoms with Gasteiger partial charge in [0.25, 0.3) is 0 Å². The molecule has 1 saturated heterocycles. The van der Waals surface area contributed by atoms with Crippen LogP contribution in [0.4, 0.5) is 0 Å². The minimum atomic E-state index is 0.821. The quantitative estimate of drug-likeness (QED) is 0.514. The first-order valence-corrected chi connectivity index (χ1v) is 6.17. The molecule has 0 aliphatic carbocycles. The summed E-state index contributed by atoms with van der Waals surface area (Å²) >= 11 is 5.78. The van der Waals surface area contributed by atoms with Crippen LogP contribution < -0.4 is 0 Å². The van der Waals surface area contributed by atoms with E-state index in [0.717, 1.165) is 18.3 Å². The Bertz CT molecular complexity index is 183.